The van der Waals surface area contributed by atoms with Crippen molar-refractivity contribution in [1.82, 2.24) is 0 Å². The van der Waals surface area contributed by atoms with Crippen LogP contribution in [0, 0.1) is 10.1 Å². The molecule has 1 rings (SSSR count). The number of carbonyl (C=O) groups excluding carboxylic acids is 1. The van der Waals surface area contributed by atoms with Crippen molar-refractivity contribution in [2.45, 2.75) is 19.1 Å². The second-order valence-corrected chi connectivity index (χ2v) is 4.86. The molecule has 0 spiro atoms. The lowest BCUT2D eigenvalue weighted by molar-refractivity contribution is -0.385. The number of aliphatic hydroxyl groups is 2. The highest BCUT2D eigenvalue weighted by molar-refractivity contribution is 8.13. The minimum atomic E-state index is -1.25. The van der Waals surface area contributed by atoms with Crippen LogP contribution in [0.3, 0.4) is 0 Å². The molecule has 18 heavy (non-hydrogen) atoms. The van der Waals surface area contributed by atoms with Gasteiger partial charge in [0.25, 0.3) is 5.69 Å². The topological polar surface area (TPSA) is 101 Å². The third-order valence-corrected chi connectivity index (χ3v) is 3.16. The van der Waals surface area contributed by atoms with Crippen LogP contribution < -0.4 is 0 Å². The summed E-state index contributed by atoms with van der Waals surface area (Å²) in [5, 5.41) is 29.9. The average Bonchev–Trinajstić information content (AvgIpc) is 2.35. The molecule has 1 aromatic carbocycles. The van der Waals surface area contributed by atoms with E-state index < -0.39 is 17.1 Å². The van der Waals surface area contributed by atoms with Crippen molar-refractivity contribution < 1.29 is 19.9 Å². The highest BCUT2D eigenvalue weighted by atomic mass is 32.2. The van der Waals surface area contributed by atoms with Gasteiger partial charge >= 0.3 is 0 Å². The lowest BCUT2D eigenvalue weighted by Gasteiger charge is -2.17. The van der Waals surface area contributed by atoms with Gasteiger partial charge in [-0.1, -0.05) is 23.9 Å². The van der Waals surface area contributed by atoms with Gasteiger partial charge in [-0.3, -0.25) is 14.9 Å². The Morgan fingerprint density at radius 2 is 2.17 bits per heavy atom. The van der Waals surface area contributed by atoms with E-state index in [1.165, 1.54) is 31.2 Å². The Kier molecular flexibility index (Phi) is 5.26. The zero-order valence-corrected chi connectivity index (χ0v) is 10.5. The summed E-state index contributed by atoms with van der Waals surface area (Å²) < 4.78 is 0. The van der Waals surface area contributed by atoms with E-state index in [0.717, 1.165) is 11.8 Å². The monoisotopic (exact) mass is 271 g/mol. The number of hydrogen-bond donors (Lipinski definition) is 2. The molecule has 0 fully saturated rings. The van der Waals surface area contributed by atoms with Crippen molar-refractivity contribution in [2.75, 3.05) is 5.75 Å². The van der Waals surface area contributed by atoms with Gasteiger partial charge in [0.05, 0.1) is 11.0 Å². The van der Waals surface area contributed by atoms with Gasteiger partial charge in [-0.05, 0) is 5.56 Å². The number of nitro groups is 1. The number of thioether (sulfide) groups is 1. The third-order valence-electron chi connectivity index (χ3n) is 2.24. The van der Waals surface area contributed by atoms with Gasteiger partial charge < -0.3 is 10.2 Å². The molecule has 1 aromatic rings. The van der Waals surface area contributed by atoms with Crippen LogP contribution >= 0.6 is 11.8 Å². The van der Waals surface area contributed by atoms with Crippen LogP contribution in [0.15, 0.2) is 24.3 Å². The molecule has 0 bridgehead atoms. The lowest BCUT2D eigenvalue weighted by Crippen LogP contribution is -2.21. The van der Waals surface area contributed by atoms with E-state index in [2.05, 4.69) is 0 Å². The minimum Gasteiger partial charge on any atom is -0.389 e. The van der Waals surface area contributed by atoms with Crippen LogP contribution in [-0.4, -0.2) is 32.1 Å². The molecule has 6 nitrogen and oxygen atoms in total. The maximum absolute atomic E-state index is 10.7. The fourth-order valence-corrected chi connectivity index (χ4v) is 1.93. The summed E-state index contributed by atoms with van der Waals surface area (Å²) in [4.78, 5) is 20.7. The molecule has 2 N–H and O–H groups in total. The SMILES string of the molecule is CC(=O)SCC(O)C(O)c1cccc([N+](=O)[O-])c1. The van der Waals surface area contributed by atoms with Crippen LogP contribution in [0.5, 0.6) is 0 Å². The molecule has 2 atom stereocenters. The maximum Gasteiger partial charge on any atom is 0.269 e. The second kappa shape index (κ2) is 6.48. The molecule has 0 saturated heterocycles. The standard InChI is InChI=1S/C11H13NO5S/c1-7(13)18-6-10(14)11(15)8-3-2-4-9(5-8)12(16)17/h2-5,10-11,14-15H,6H2,1H3. The van der Waals surface area contributed by atoms with Crippen molar-refractivity contribution in [1.29, 1.82) is 0 Å². The van der Waals surface area contributed by atoms with Crippen LogP contribution in [0.25, 0.3) is 0 Å². The van der Waals surface area contributed by atoms with Crippen molar-refractivity contribution in [3.63, 3.8) is 0 Å². The molecule has 0 saturated carbocycles. The van der Waals surface area contributed by atoms with E-state index in [0.29, 0.717) is 0 Å². The van der Waals surface area contributed by atoms with Gasteiger partial charge in [0.1, 0.15) is 6.10 Å². The molecule has 0 aromatic heterocycles. The number of non-ortho nitro benzene ring substituents is 1. The zero-order valence-electron chi connectivity index (χ0n) is 9.65. The largest absolute Gasteiger partial charge is 0.389 e. The number of rotatable bonds is 5. The Morgan fingerprint density at radius 1 is 1.50 bits per heavy atom. The molecule has 98 valence electrons. The summed E-state index contributed by atoms with van der Waals surface area (Å²) in [6, 6.07) is 5.42. The predicted octanol–water partition coefficient (Wildman–Crippen LogP) is 1.27. The summed E-state index contributed by atoms with van der Waals surface area (Å²) in [6.07, 6.45) is -2.40. The van der Waals surface area contributed by atoms with Gasteiger partial charge in [-0.25, -0.2) is 0 Å². The van der Waals surface area contributed by atoms with E-state index in [1.807, 2.05) is 0 Å². The molecule has 0 aliphatic rings. The molecular weight excluding hydrogens is 258 g/mol. The number of hydrogen-bond acceptors (Lipinski definition) is 6. The Bertz CT molecular complexity index is 451. The first-order valence-electron chi connectivity index (χ1n) is 5.15. The van der Waals surface area contributed by atoms with E-state index in [9.17, 15) is 25.1 Å². The summed E-state index contributed by atoms with van der Waals surface area (Å²) in [6.45, 7) is 1.36. The normalized spacial score (nSPS) is 13.9. The maximum atomic E-state index is 10.7. The van der Waals surface area contributed by atoms with Gasteiger partial charge in [0.15, 0.2) is 5.12 Å². The van der Waals surface area contributed by atoms with E-state index >= 15 is 0 Å². The summed E-state index contributed by atoms with van der Waals surface area (Å²) in [7, 11) is 0. The van der Waals surface area contributed by atoms with Crippen molar-refractivity contribution in [3.8, 4) is 0 Å². The molecule has 7 heteroatoms. The molecule has 0 heterocycles. The quantitative estimate of drug-likeness (QED) is 0.617. The number of nitrogens with zero attached hydrogens (tertiary/aromatic N) is 1. The smallest absolute Gasteiger partial charge is 0.269 e. The molecule has 2 unspecified atom stereocenters. The van der Waals surface area contributed by atoms with Gasteiger partial charge in [-0.2, -0.15) is 0 Å². The number of aliphatic hydroxyl groups excluding tert-OH is 2. The molecule has 0 aliphatic carbocycles. The van der Waals surface area contributed by atoms with Crippen LogP contribution in [-0.2, 0) is 4.79 Å². The van der Waals surface area contributed by atoms with Gasteiger partial charge in [0.2, 0.25) is 0 Å². The van der Waals surface area contributed by atoms with Crippen molar-refractivity contribution in [2.24, 2.45) is 0 Å². The molecule has 0 amide bonds. The lowest BCUT2D eigenvalue weighted by atomic mass is 10.1. The summed E-state index contributed by atoms with van der Waals surface area (Å²) in [5.41, 5.74) is 0.0961. The Hall–Kier alpha value is -1.44. The Balaban J connectivity index is 2.76. The highest BCUT2D eigenvalue weighted by Crippen LogP contribution is 2.23. The van der Waals surface area contributed by atoms with Crippen LogP contribution in [0.4, 0.5) is 5.69 Å². The average molecular weight is 271 g/mol. The van der Waals surface area contributed by atoms with E-state index in [-0.39, 0.29) is 22.1 Å². The molecule has 0 radical (unpaired) electrons. The van der Waals surface area contributed by atoms with E-state index in [1.54, 1.807) is 0 Å². The van der Waals surface area contributed by atoms with Crippen molar-refractivity contribution in [3.05, 3.63) is 39.9 Å². The summed E-state index contributed by atoms with van der Waals surface area (Å²) in [5.74, 6) is 0.0409. The summed E-state index contributed by atoms with van der Waals surface area (Å²) >= 11 is 0.890. The zero-order chi connectivity index (χ0) is 13.7. The number of carbonyl (C=O) groups is 1. The fourth-order valence-electron chi connectivity index (χ4n) is 1.34. The first-order chi connectivity index (χ1) is 8.41. The van der Waals surface area contributed by atoms with Crippen LogP contribution in [0.2, 0.25) is 0 Å². The second-order valence-electron chi connectivity index (χ2n) is 3.67. The minimum absolute atomic E-state index is 0.0409. The highest BCUT2D eigenvalue weighted by Gasteiger charge is 2.20. The van der Waals surface area contributed by atoms with Gasteiger partial charge in [0, 0.05) is 24.8 Å². The first-order valence-corrected chi connectivity index (χ1v) is 6.14. The van der Waals surface area contributed by atoms with Gasteiger partial charge in [-0.15, -0.1) is 0 Å². The molecular formula is C11H13NO5S. The van der Waals surface area contributed by atoms with Crippen molar-refractivity contribution >= 4 is 22.6 Å². The first kappa shape index (κ1) is 14.6. The Labute approximate surface area is 108 Å². The van der Waals surface area contributed by atoms with E-state index in [4.69, 9.17) is 0 Å². The third kappa shape index (κ3) is 4.10. The Morgan fingerprint density at radius 3 is 2.72 bits per heavy atom. The fraction of sp³-hybridized carbons (Fsp3) is 0.364. The number of benzene rings is 1. The molecule has 0 aliphatic heterocycles. The number of nitro benzene ring substituents is 1. The van der Waals surface area contributed by atoms with Crippen LogP contribution in [0.1, 0.15) is 18.6 Å². The predicted molar refractivity (Wildman–Crippen MR) is 67.2 cm³/mol.